The number of aromatic amines is 1. The van der Waals surface area contributed by atoms with Crippen LogP contribution in [0.3, 0.4) is 0 Å². The molecule has 8 nitrogen and oxygen atoms in total. The molecule has 0 radical (unpaired) electrons. The summed E-state index contributed by atoms with van der Waals surface area (Å²) in [5.41, 5.74) is 3.29. The minimum Gasteiger partial charge on any atom is -0.379 e. The number of nitrogens with one attached hydrogen (secondary N) is 3. The van der Waals surface area contributed by atoms with Crippen LogP contribution in [0.2, 0.25) is 0 Å². The molecule has 0 fully saturated rings. The Morgan fingerprint density at radius 1 is 1.30 bits per heavy atom. The minimum absolute atomic E-state index is 0.0698. The van der Waals surface area contributed by atoms with Crippen molar-refractivity contribution in [2.45, 2.75) is 26.8 Å². The second kappa shape index (κ2) is 6.35. The first-order valence-electron chi connectivity index (χ1n) is 8.46. The number of hydrogen-bond donors (Lipinski definition) is 3. The first-order valence-corrected chi connectivity index (χ1v) is 8.46. The molecule has 9 heteroatoms. The Kier molecular flexibility index (Phi) is 3.98. The summed E-state index contributed by atoms with van der Waals surface area (Å²) in [4.78, 5) is 19.3. The molecule has 0 aliphatic carbocycles. The smallest absolute Gasteiger partial charge is 0.212 e. The van der Waals surface area contributed by atoms with Gasteiger partial charge >= 0.3 is 0 Å². The maximum Gasteiger partial charge on any atom is 0.212 e. The summed E-state index contributed by atoms with van der Waals surface area (Å²) < 4.78 is 16.9. The van der Waals surface area contributed by atoms with Gasteiger partial charge < -0.3 is 15.0 Å². The summed E-state index contributed by atoms with van der Waals surface area (Å²) in [5.74, 6) is 0.0723. The van der Waals surface area contributed by atoms with Crippen molar-refractivity contribution in [3.63, 3.8) is 0 Å². The van der Waals surface area contributed by atoms with Gasteiger partial charge in [0.1, 0.15) is 0 Å². The van der Waals surface area contributed by atoms with Crippen molar-refractivity contribution >= 4 is 34.5 Å². The van der Waals surface area contributed by atoms with Crippen molar-refractivity contribution in [2.24, 2.45) is 0 Å². The summed E-state index contributed by atoms with van der Waals surface area (Å²) in [5, 5.41) is 13.4. The number of hydrogen-bond acceptors (Lipinski definition) is 5. The lowest BCUT2D eigenvalue weighted by atomic mass is 9.99. The number of carbonyl (C=O) groups excluding carboxylic acids is 1. The molecule has 1 aromatic carbocycles. The van der Waals surface area contributed by atoms with Gasteiger partial charge in [-0.1, -0.05) is 0 Å². The van der Waals surface area contributed by atoms with Crippen molar-refractivity contribution in [3.05, 3.63) is 36.2 Å². The fourth-order valence-electron chi connectivity index (χ4n) is 3.19. The fourth-order valence-corrected chi connectivity index (χ4v) is 3.19. The lowest BCUT2D eigenvalue weighted by molar-refractivity contribution is -0.105. The number of nitrogens with zero attached hydrogens (tertiary/aromatic N) is 4. The molecule has 0 spiro atoms. The number of aromatic nitrogens is 5. The zero-order chi connectivity index (χ0) is 19.1. The van der Waals surface area contributed by atoms with Gasteiger partial charge in [0.25, 0.3) is 0 Å². The Labute approximate surface area is 153 Å². The average molecular weight is 367 g/mol. The van der Waals surface area contributed by atoms with Gasteiger partial charge in [-0.2, -0.15) is 5.10 Å². The fraction of sp³-hybridized carbons (Fsp3) is 0.222. The number of halogens is 1. The Bertz CT molecular complexity index is 1160. The first kappa shape index (κ1) is 17.0. The van der Waals surface area contributed by atoms with Crippen LogP contribution in [0.1, 0.15) is 19.4 Å². The van der Waals surface area contributed by atoms with E-state index in [4.69, 9.17) is 0 Å². The summed E-state index contributed by atoms with van der Waals surface area (Å²) in [6.07, 6.45) is 7.23. The minimum atomic E-state index is -0.341. The van der Waals surface area contributed by atoms with E-state index < -0.39 is 0 Å². The molecule has 1 amide bonds. The predicted octanol–water partition coefficient (Wildman–Crippen LogP) is 3.11. The van der Waals surface area contributed by atoms with Gasteiger partial charge in [-0.25, -0.2) is 9.37 Å². The second-order valence-electron chi connectivity index (χ2n) is 6.57. The molecule has 0 atom stereocenters. The van der Waals surface area contributed by atoms with Crippen LogP contribution in [0.15, 0.2) is 24.8 Å². The van der Waals surface area contributed by atoms with E-state index in [1.54, 1.807) is 36.1 Å². The Morgan fingerprint density at radius 3 is 2.85 bits per heavy atom. The number of imidazole rings is 1. The number of H-pyrrole nitrogens is 1. The highest BCUT2D eigenvalue weighted by Crippen LogP contribution is 2.37. The lowest BCUT2D eigenvalue weighted by Gasteiger charge is -2.16. The van der Waals surface area contributed by atoms with Crippen molar-refractivity contribution in [3.8, 4) is 11.3 Å². The summed E-state index contributed by atoms with van der Waals surface area (Å²) >= 11 is 0. The highest BCUT2D eigenvalue weighted by atomic mass is 19.1. The van der Waals surface area contributed by atoms with Crippen molar-refractivity contribution < 1.29 is 9.18 Å². The third-order valence-electron chi connectivity index (χ3n) is 4.32. The monoisotopic (exact) mass is 367 g/mol. The third-order valence-corrected chi connectivity index (χ3v) is 4.32. The molecule has 0 aliphatic heterocycles. The van der Waals surface area contributed by atoms with Crippen LogP contribution in [-0.2, 0) is 4.79 Å². The Hall–Kier alpha value is -3.49. The molecule has 3 heterocycles. The molecule has 0 saturated heterocycles. The zero-order valence-electron chi connectivity index (χ0n) is 15.0. The number of benzene rings is 1. The van der Waals surface area contributed by atoms with Crippen LogP contribution in [0.4, 0.5) is 15.9 Å². The van der Waals surface area contributed by atoms with Gasteiger partial charge in [0.15, 0.2) is 17.3 Å². The average Bonchev–Trinajstić information content (AvgIpc) is 3.25. The molecule has 3 aromatic heterocycles. The second-order valence-corrected chi connectivity index (χ2v) is 6.57. The topological polar surface area (TPSA) is 100 Å². The lowest BCUT2D eigenvalue weighted by Crippen LogP contribution is -2.12. The summed E-state index contributed by atoms with van der Waals surface area (Å²) in [6, 6.07) is 0.0698. The third kappa shape index (κ3) is 2.77. The first-order chi connectivity index (χ1) is 13.0. The van der Waals surface area contributed by atoms with Gasteiger partial charge in [-0.05, 0) is 26.3 Å². The molecule has 4 aromatic rings. The van der Waals surface area contributed by atoms with Gasteiger partial charge in [-0.15, -0.1) is 0 Å². The van der Waals surface area contributed by atoms with Crippen LogP contribution < -0.4 is 10.6 Å². The van der Waals surface area contributed by atoms with E-state index in [9.17, 15) is 4.79 Å². The number of carbonyl (C=O) groups is 1. The predicted molar refractivity (Wildman–Crippen MR) is 101 cm³/mol. The highest BCUT2D eigenvalue weighted by molar-refractivity contribution is 6.02. The van der Waals surface area contributed by atoms with Gasteiger partial charge in [0.05, 0.1) is 35.5 Å². The molecule has 4 rings (SSSR count). The number of rotatable bonds is 5. The largest absolute Gasteiger partial charge is 0.379 e. The summed E-state index contributed by atoms with van der Waals surface area (Å²) in [7, 11) is 0. The zero-order valence-corrected chi connectivity index (χ0v) is 15.0. The van der Waals surface area contributed by atoms with Crippen LogP contribution >= 0.6 is 0 Å². The van der Waals surface area contributed by atoms with Crippen LogP contribution in [0.5, 0.6) is 0 Å². The quantitative estimate of drug-likeness (QED) is 0.471. The maximum atomic E-state index is 15.1. The molecule has 27 heavy (non-hydrogen) atoms. The molecule has 3 N–H and O–H groups in total. The molecular formula is C18H18FN7O. The SMILES string of the molecule is Cc1c(F)c(NC(C)C)c2[nH]ncc2c1-c1cn2cc(NC=O)nc2cn1. The van der Waals surface area contributed by atoms with E-state index in [0.717, 1.165) is 5.39 Å². The van der Waals surface area contributed by atoms with E-state index in [1.165, 1.54) is 0 Å². The van der Waals surface area contributed by atoms with Crippen LogP contribution in [0, 0.1) is 12.7 Å². The van der Waals surface area contributed by atoms with E-state index >= 15 is 4.39 Å². The molecular weight excluding hydrogens is 349 g/mol. The summed E-state index contributed by atoms with van der Waals surface area (Å²) in [6.45, 7) is 5.62. The Morgan fingerprint density at radius 2 is 2.11 bits per heavy atom. The number of fused-ring (bicyclic) bond motifs is 2. The molecule has 0 unspecified atom stereocenters. The molecule has 138 valence electrons. The van der Waals surface area contributed by atoms with Gasteiger partial charge in [0.2, 0.25) is 6.41 Å². The van der Waals surface area contributed by atoms with Crippen molar-refractivity contribution in [1.82, 2.24) is 24.6 Å². The van der Waals surface area contributed by atoms with Crippen molar-refractivity contribution in [2.75, 3.05) is 10.6 Å². The van der Waals surface area contributed by atoms with E-state index in [0.29, 0.717) is 45.9 Å². The van der Waals surface area contributed by atoms with Crippen LogP contribution in [0.25, 0.3) is 27.8 Å². The number of anilines is 2. The standard InChI is InChI=1S/C18H18FN7O/c1-9(2)23-18-16(19)10(3)15(11-4-22-25-17(11)18)12-6-26-7-13(21-8-27)24-14(26)5-20-12/h4-9,23H,1-3H3,(H,21,27)(H,22,25). The van der Waals surface area contributed by atoms with E-state index in [1.807, 2.05) is 13.8 Å². The number of amides is 1. The molecule has 0 bridgehead atoms. The van der Waals surface area contributed by atoms with Crippen molar-refractivity contribution in [1.29, 1.82) is 0 Å². The maximum absolute atomic E-state index is 15.1. The van der Waals surface area contributed by atoms with Gasteiger partial charge in [0, 0.05) is 23.2 Å². The van der Waals surface area contributed by atoms with E-state index in [2.05, 4.69) is 30.8 Å². The van der Waals surface area contributed by atoms with Gasteiger partial charge in [-0.3, -0.25) is 14.9 Å². The van der Waals surface area contributed by atoms with Crippen LogP contribution in [-0.4, -0.2) is 37.0 Å². The Balaban J connectivity index is 1.93. The van der Waals surface area contributed by atoms with E-state index in [-0.39, 0.29) is 11.9 Å². The normalized spacial score (nSPS) is 11.4. The highest BCUT2D eigenvalue weighted by Gasteiger charge is 2.21. The molecule has 0 aliphatic rings. The molecule has 0 saturated carbocycles.